The van der Waals surface area contributed by atoms with E-state index >= 15 is 0 Å². The van der Waals surface area contributed by atoms with E-state index in [9.17, 15) is 4.79 Å². The Morgan fingerprint density at radius 1 is 1.40 bits per heavy atom. The van der Waals surface area contributed by atoms with Crippen LogP contribution in [0.4, 0.5) is 0 Å². The van der Waals surface area contributed by atoms with Gasteiger partial charge in [0.15, 0.2) is 0 Å². The lowest BCUT2D eigenvalue weighted by Gasteiger charge is -2.11. The Hall–Kier alpha value is -0.730. The second kappa shape index (κ2) is 4.42. The van der Waals surface area contributed by atoms with Gasteiger partial charge in [-0.1, -0.05) is 29.3 Å². The molecule has 1 N–H and O–H groups in total. The maximum Gasteiger partial charge on any atom is 0.220 e. The topological polar surface area (TPSA) is 29.1 Å². The Balaban J connectivity index is 2.07. The lowest BCUT2D eigenvalue weighted by atomic mass is 10.0. The SMILES string of the molecule is O=C1CCC(Cc2ccc(Cl)cc2Cl)N1. The van der Waals surface area contributed by atoms with Crippen molar-refractivity contribution < 1.29 is 4.79 Å². The summed E-state index contributed by atoms with van der Waals surface area (Å²) >= 11 is 11.8. The molecule has 1 aliphatic heterocycles. The fraction of sp³-hybridized carbons (Fsp3) is 0.364. The Labute approximate surface area is 98.6 Å². The zero-order chi connectivity index (χ0) is 10.8. The second-order valence-electron chi connectivity index (χ2n) is 3.74. The van der Waals surface area contributed by atoms with Crippen LogP contribution in [-0.4, -0.2) is 11.9 Å². The minimum atomic E-state index is 0.130. The minimum absolute atomic E-state index is 0.130. The molecule has 0 radical (unpaired) electrons. The van der Waals surface area contributed by atoms with Crippen molar-refractivity contribution in [2.24, 2.45) is 0 Å². The summed E-state index contributed by atoms with van der Waals surface area (Å²) in [5, 5.41) is 4.22. The normalized spacial score (nSPS) is 20.4. The maximum absolute atomic E-state index is 11.0. The maximum atomic E-state index is 11.0. The molecule has 0 spiro atoms. The molecule has 2 nitrogen and oxygen atoms in total. The highest BCUT2D eigenvalue weighted by Gasteiger charge is 2.21. The highest BCUT2D eigenvalue weighted by Crippen LogP contribution is 2.23. The van der Waals surface area contributed by atoms with Crippen molar-refractivity contribution in [3.63, 3.8) is 0 Å². The van der Waals surface area contributed by atoms with Gasteiger partial charge in [0, 0.05) is 22.5 Å². The monoisotopic (exact) mass is 243 g/mol. The van der Waals surface area contributed by atoms with Crippen molar-refractivity contribution in [3.8, 4) is 0 Å². The lowest BCUT2D eigenvalue weighted by Crippen LogP contribution is -2.27. The molecule has 1 atom stereocenters. The largest absolute Gasteiger partial charge is 0.353 e. The number of amides is 1. The van der Waals surface area contributed by atoms with Gasteiger partial charge in [-0.25, -0.2) is 0 Å². The van der Waals surface area contributed by atoms with Crippen LogP contribution in [0.5, 0.6) is 0 Å². The first-order valence-electron chi connectivity index (χ1n) is 4.88. The Kier molecular flexibility index (Phi) is 3.17. The van der Waals surface area contributed by atoms with Crippen LogP contribution >= 0.6 is 23.2 Å². The molecular weight excluding hydrogens is 233 g/mol. The molecule has 80 valence electrons. The van der Waals surface area contributed by atoms with Crippen molar-refractivity contribution >= 4 is 29.1 Å². The summed E-state index contributed by atoms with van der Waals surface area (Å²) in [5.41, 5.74) is 1.04. The van der Waals surface area contributed by atoms with Gasteiger partial charge in [0.1, 0.15) is 0 Å². The molecule has 1 aromatic carbocycles. The fourth-order valence-electron chi connectivity index (χ4n) is 1.78. The third-order valence-electron chi connectivity index (χ3n) is 2.57. The number of rotatable bonds is 2. The Morgan fingerprint density at radius 3 is 2.80 bits per heavy atom. The summed E-state index contributed by atoms with van der Waals surface area (Å²) in [5.74, 6) is 0.130. The average molecular weight is 244 g/mol. The molecule has 0 aromatic heterocycles. The van der Waals surface area contributed by atoms with E-state index in [1.807, 2.05) is 12.1 Å². The Morgan fingerprint density at radius 2 is 2.20 bits per heavy atom. The van der Waals surface area contributed by atoms with Crippen molar-refractivity contribution in [2.75, 3.05) is 0 Å². The fourth-order valence-corrected chi connectivity index (χ4v) is 2.27. The molecule has 15 heavy (non-hydrogen) atoms. The third-order valence-corrected chi connectivity index (χ3v) is 3.15. The van der Waals surface area contributed by atoms with Gasteiger partial charge in [0.05, 0.1) is 0 Å². The molecule has 1 aliphatic rings. The van der Waals surface area contributed by atoms with Crippen LogP contribution in [0.25, 0.3) is 0 Å². The number of halogens is 2. The smallest absolute Gasteiger partial charge is 0.220 e. The molecule has 1 heterocycles. The van der Waals surface area contributed by atoms with E-state index in [1.54, 1.807) is 6.07 Å². The minimum Gasteiger partial charge on any atom is -0.353 e. The number of carbonyl (C=O) groups is 1. The molecule has 1 fully saturated rings. The summed E-state index contributed by atoms with van der Waals surface area (Å²) in [6.45, 7) is 0. The van der Waals surface area contributed by atoms with E-state index in [0.717, 1.165) is 18.4 Å². The number of hydrogen-bond donors (Lipinski definition) is 1. The van der Waals surface area contributed by atoms with Gasteiger partial charge in [-0.15, -0.1) is 0 Å². The van der Waals surface area contributed by atoms with Crippen LogP contribution in [0.15, 0.2) is 18.2 Å². The zero-order valence-corrected chi connectivity index (χ0v) is 9.61. The zero-order valence-electron chi connectivity index (χ0n) is 8.09. The molecular formula is C11H11Cl2NO. The van der Waals surface area contributed by atoms with E-state index < -0.39 is 0 Å². The van der Waals surface area contributed by atoms with Crippen molar-refractivity contribution in [2.45, 2.75) is 25.3 Å². The van der Waals surface area contributed by atoms with Gasteiger partial charge in [-0.05, 0) is 30.5 Å². The molecule has 4 heteroatoms. The van der Waals surface area contributed by atoms with Gasteiger partial charge < -0.3 is 5.32 Å². The first-order valence-corrected chi connectivity index (χ1v) is 5.64. The highest BCUT2D eigenvalue weighted by molar-refractivity contribution is 6.35. The summed E-state index contributed by atoms with van der Waals surface area (Å²) < 4.78 is 0. The molecule has 1 aromatic rings. The van der Waals surface area contributed by atoms with Gasteiger partial charge in [0.2, 0.25) is 5.91 Å². The molecule has 1 saturated heterocycles. The Bertz CT molecular complexity index is 392. The summed E-state index contributed by atoms with van der Waals surface area (Å²) in [6, 6.07) is 5.68. The van der Waals surface area contributed by atoms with Crippen molar-refractivity contribution in [1.82, 2.24) is 5.32 Å². The first kappa shape index (κ1) is 10.8. The van der Waals surface area contributed by atoms with Crippen molar-refractivity contribution in [3.05, 3.63) is 33.8 Å². The van der Waals surface area contributed by atoms with Crippen molar-refractivity contribution in [1.29, 1.82) is 0 Å². The summed E-state index contributed by atoms with van der Waals surface area (Å²) in [7, 11) is 0. The van der Waals surface area contributed by atoms with Gasteiger partial charge in [-0.3, -0.25) is 4.79 Å². The van der Waals surface area contributed by atoms with Crippen LogP contribution in [0.3, 0.4) is 0 Å². The molecule has 0 saturated carbocycles. The lowest BCUT2D eigenvalue weighted by molar-refractivity contribution is -0.119. The van der Waals surface area contributed by atoms with Crippen LogP contribution in [-0.2, 0) is 11.2 Å². The van der Waals surface area contributed by atoms with Crippen LogP contribution in [0.2, 0.25) is 10.0 Å². The second-order valence-corrected chi connectivity index (χ2v) is 4.59. The van der Waals surface area contributed by atoms with E-state index in [4.69, 9.17) is 23.2 Å². The van der Waals surface area contributed by atoms with Crippen LogP contribution in [0.1, 0.15) is 18.4 Å². The molecule has 0 aliphatic carbocycles. The van der Waals surface area contributed by atoms with Gasteiger partial charge >= 0.3 is 0 Å². The van der Waals surface area contributed by atoms with Gasteiger partial charge in [-0.2, -0.15) is 0 Å². The van der Waals surface area contributed by atoms with E-state index in [2.05, 4.69) is 5.32 Å². The first-order chi connectivity index (χ1) is 7.15. The van der Waals surface area contributed by atoms with E-state index in [-0.39, 0.29) is 11.9 Å². The number of hydrogen-bond acceptors (Lipinski definition) is 1. The average Bonchev–Trinajstić information content (AvgIpc) is 2.56. The molecule has 0 bridgehead atoms. The van der Waals surface area contributed by atoms with E-state index in [1.165, 1.54) is 0 Å². The quantitative estimate of drug-likeness (QED) is 0.851. The number of nitrogens with one attached hydrogen (secondary N) is 1. The summed E-state index contributed by atoms with van der Waals surface area (Å²) in [6.07, 6.45) is 2.29. The number of carbonyl (C=O) groups excluding carboxylic acids is 1. The molecule has 1 unspecified atom stereocenters. The number of benzene rings is 1. The predicted molar refractivity (Wildman–Crippen MR) is 61.3 cm³/mol. The van der Waals surface area contributed by atoms with Crippen LogP contribution in [0, 0.1) is 0 Å². The van der Waals surface area contributed by atoms with Gasteiger partial charge in [0.25, 0.3) is 0 Å². The predicted octanol–water partition coefficient (Wildman–Crippen LogP) is 2.81. The highest BCUT2D eigenvalue weighted by atomic mass is 35.5. The standard InChI is InChI=1S/C11H11Cl2NO/c12-8-2-1-7(10(13)6-8)5-9-3-4-11(15)14-9/h1-2,6,9H,3-5H2,(H,14,15). The van der Waals surface area contributed by atoms with E-state index in [0.29, 0.717) is 16.5 Å². The third kappa shape index (κ3) is 2.64. The summed E-state index contributed by atoms with van der Waals surface area (Å²) in [4.78, 5) is 11.0. The van der Waals surface area contributed by atoms with Crippen LogP contribution < -0.4 is 5.32 Å². The molecule has 1 amide bonds. The molecule has 2 rings (SSSR count).